The summed E-state index contributed by atoms with van der Waals surface area (Å²) in [5.41, 5.74) is 1.59. The Morgan fingerprint density at radius 2 is 1.81 bits per heavy atom. The minimum atomic E-state index is -1.23. The zero-order valence-corrected chi connectivity index (χ0v) is 11.0. The molecule has 3 N–H and O–H groups in total. The Hall–Kier alpha value is -3.08. The summed E-state index contributed by atoms with van der Waals surface area (Å²) in [7, 11) is 0. The number of aromatic carboxylic acids is 1. The molecule has 0 atom stereocenters. The van der Waals surface area contributed by atoms with Crippen molar-refractivity contribution in [2.75, 3.05) is 5.32 Å². The molecule has 5 nitrogen and oxygen atoms in total. The number of rotatable bonds is 3. The van der Waals surface area contributed by atoms with Crippen LogP contribution in [0.5, 0.6) is 0 Å². The maximum Gasteiger partial charge on any atom is 0.341 e. The summed E-state index contributed by atoms with van der Waals surface area (Å²) in [6, 6.07) is 14.8. The van der Waals surface area contributed by atoms with Gasteiger partial charge in [0.15, 0.2) is 0 Å². The smallest absolute Gasteiger partial charge is 0.341 e. The number of para-hydroxylation sites is 1. The molecule has 0 unspecified atom stereocenters. The van der Waals surface area contributed by atoms with Gasteiger partial charge in [0, 0.05) is 23.0 Å². The van der Waals surface area contributed by atoms with E-state index in [-0.39, 0.29) is 5.56 Å². The average molecular weight is 280 g/mol. The molecule has 3 rings (SSSR count). The molecule has 0 fully saturated rings. The molecular formula is C16H12N2O3. The number of nitrogens with one attached hydrogen (secondary N) is 2. The first-order valence-corrected chi connectivity index (χ1v) is 6.36. The van der Waals surface area contributed by atoms with Crippen LogP contribution in [0.15, 0.2) is 59.5 Å². The van der Waals surface area contributed by atoms with Gasteiger partial charge in [-0.15, -0.1) is 0 Å². The number of fused-ring (bicyclic) bond motifs is 1. The van der Waals surface area contributed by atoms with Gasteiger partial charge in [0.2, 0.25) is 5.43 Å². The summed E-state index contributed by atoms with van der Waals surface area (Å²) < 4.78 is 0. The Kier molecular flexibility index (Phi) is 3.16. The van der Waals surface area contributed by atoms with Gasteiger partial charge in [-0.25, -0.2) is 4.79 Å². The van der Waals surface area contributed by atoms with Crippen LogP contribution in [0.4, 0.5) is 11.4 Å². The highest BCUT2D eigenvalue weighted by atomic mass is 16.4. The van der Waals surface area contributed by atoms with E-state index >= 15 is 0 Å². The fraction of sp³-hybridized carbons (Fsp3) is 0. The molecular weight excluding hydrogens is 268 g/mol. The molecule has 0 aliphatic rings. The molecule has 2 aromatic carbocycles. The number of hydrogen-bond acceptors (Lipinski definition) is 3. The second kappa shape index (κ2) is 5.13. The number of aromatic amines is 1. The zero-order chi connectivity index (χ0) is 14.8. The fourth-order valence-electron chi connectivity index (χ4n) is 2.15. The van der Waals surface area contributed by atoms with E-state index in [9.17, 15) is 9.59 Å². The highest BCUT2D eigenvalue weighted by molar-refractivity contribution is 5.93. The molecule has 0 radical (unpaired) electrons. The third-order valence-electron chi connectivity index (χ3n) is 3.17. The van der Waals surface area contributed by atoms with Crippen molar-refractivity contribution in [3.05, 3.63) is 70.5 Å². The molecule has 0 saturated heterocycles. The van der Waals surface area contributed by atoms with E-state index < -0.39 is 11.4 Å². The number of anilines is 2. The third kappa shape index (κ3) is 2.49. The van der Waals surface area contributed by atoms with Crippen LogP contribution in [0.2, 0.25) is 0 Å². The molecule has 21 heavy (non-hydrogen) atoms. The molecule has 5 heteroatoms. The van der Waals surface area contributed by atoms with Gasteiger partial charge in [0.25, 0.3) is 0 Å². The third-order valence-corrected chi connectivity index (χ3v) is 3.17. The normalized spacial score (nSPS) is 10.5. The second-order valence-electron chi connectivity index (χ2n) is 4.59. The van der Waals surface area contributed by atoms with E-state index in [0.717, 1.165) is 11.4 Å². The van der Waals surface area contributed by atoms with Crippen molar-refractivity contribution >= 4 is 28.2 Å². The van der Waals surface area contributed by atoms with Crippen LogP contribution in [-0.4, -0.2) is 16.1 Å². The van der Waals surface area contributed by atoms with Crippen molar-refractivity contribution in [3.63, 3.8) is 0 Å². The Morgan fingerprint density at radius 3 is 2.52 bits per heavy atom. The SMILES string of the molecule is O=C(O)c1c[nH]c2cc(Nc3ccccc3)ccc2c1=O. The number of hydrogen-bond donors (Lipinski definition) is 3. The van der Waals surface area contributed by atoms with Gasteiger partial charge in [-0.3, -0.25) is 4.79 Å². The van der Waals surface area contributed by atoms with Crippen molar-refractivity contribution in [3.8, 4) is 0 Å². The molecule has 0 bridgehead atoms. The van der Waals surface area contributed by atoms with Crippen LogP contribution < -0.4 is 10.7 Å². The van der Waals surface area contributed by atoms with Crippen molar-refractivity contribution in [2.24, 2.45) is 0 Å². The van der Waals surface area contributed by atoms with Crippen molar-refractivity contribution in [1.29, 1.82) is 0 Å². The molecule has 0 aliphatic heterocycles. The Labute approximate surface area is 119 Å². The fourth-order valence-corrected chi connectivity index (χ4v) is 2.15. The van der Waals surface area contributed by atoms with E-state index in [1.165, 1.54) is 6.20 Å². The molecule has 0 aliphatic carbocycles. The van der Waals surface area contributed by atoms with E-state index in [2.05, 4.69) is 10.3 Å². The van der Waals surface area contributed by atoms with Gasteiger partial charge in [-0.2, -0.15) is 0 Å². The lowest BCUT2D eigenvalue weighted by molar-refractivity contribution is 0.0695. The van der Waals surface area contributed by atoms with E-state index in [1.807, 2.05) is 30.3 Å². The molecule has 1 heterocycles. The summed E-state index contributed by atoms with van der Waals surface area (Å²) in [5.74, 6) is -1.23. The van der Waals surface area contributed by atoms with Crippen molar-refractivity contribution in [1.82, 2.24) is 4.98 Å². The van der Waals surface area contributed by atoms with Crippen LogP contribution in [-0.2, 0) is 0 Å². The number of carboxylic acids is 1. The lowest BCUT2D eigenvalue weighted by Crippen LogP contribution is -2.15. The number of H-pyrrole nitrogens is 1. The first-order valence-electron chi connectivity index (χ1n) is 6.36. The first kappa shape index (κ1) is 12.9. The van der Waals surface area contributed by atoms with Crippen molar-refractivity contribution in [2.45, 2.75) is 0 Å². The van der Waals surface area contributed by atoms with Crippen LogP contribution in [0.1, 0.15) is 10.4 Å². The highest BCUT2D eigenvalue weighted by Crippen LogP contribution is 2.19. The summed E-state index contributed by atoms with van der Waals surface area (Å²) in [6.45, 7) is 0. The van der Waals surface area contributed by atoms with E-state index in [0.29, 0.717) is 10.9 Å². The van der Waals surface area contributed by atoms with E-state index in [4.69, 9.17) is 5.11 Å². The lowest BCUT2D eigenvalue weighted by Gasteiger charge is -2.07. The predicted molar refractivity (Wildman–Crippen MR) is 81.3 cm³/mol. The Morgan fingerprint density at radius 1 is 1.05 bits per heavy atom. The Balaban J connectivity index is 2.04. The molecule has 1 aromatic heterocycles. The molecule has 0 saturated carbocycles. The quantitative estimate of drug-likeness (QED) is 0.689. The minimum absolute atomic E-state index is 0.258. The monoisotopic (exact) mass is 280 g/mol. The van der Waals surface area contributed by atoms with Crippen LogP contribution in [0.3, 0.4) is 0 Å². The van der Waals surface area contributed by atoms with Crippen molar-refractivity contribution < 1.29 is 9.90 Å². The maximum absolute atomic E-state index is 12.0. The van der Waals surface area contributed by atoms with Gasteiger partial charge >= 0.3 is 5.97 Å². The zero-order valence-electron chi connectivity index (χ0n) is 11.0. The number of pyridine rings is 1. The largest absolute Gasteiger partial charge is 0.477 e. The van der Waals surface area contributed by atoms with Crippen LogP contribution in [0.25, 0.3) is 10.9 Å². The first-order chi connectivity index (χ1) is 10.1. The standard InChI is InChI=1S/C16H12N2O3/c19-15-12-7-6-11(18-10-4-2-1-3-5-10)8-14(12)17-9-13(15)16(20)21/h1-9,18H,(H,17,19)(H,20,21). The van der Waals surface area contributed by atoms with Gasteiger partial charge < -0.3 is 15.4 Å². The van der Waals surface area contributed by atoms with Crippen LogP contribution >= 0.6 is 0 Å². The molecule has 0 spiro atoms. The topological polar surface area (TPSA) is 82.2 Å². The summed E-state index contributed by atoms with van der Waals surface area (Å²) >= 11 is 0. The Bertz CT molecular complexity index is 870. The summed E-state index contributed by atoms with van der Waals surface area (Å²) in [6.07, 6.45) is 1.22. The van der Waals surface area contributed by atoms with Gasteiger partial charge in [0.1, 0.15) is 5.56 Å². The second-order valence-corrected chi connectivity index (χ2v) is 4.59. The number of carboxylic acid groups (broad SMARTS) is 1. The minimum Gasteiger partial charge on any atom is -0.477 e. The number of benzene rings is 2. The summed E-state index contributed by atoms with van der Waals surface area (Å²) in [5, 5.41) is 12.5. The van der Waals surface area contributed by atoms with E-state index in [1.54, 1.807) is 18.2 Å². The maximum atomic E-state index is 12.0. The van der Waals surface area contributed by atoms with Gasteiger partial charge in [-0.05, 0) is 30.3 Å². The highest BCUT2D eigenvalue weighted by Gasteiger charge is 2.11. The molecule has 0 amide bonds. The average Bonchev–Trinajstić information content (AvgIpc) is 2.48. The number of carbonyl (C=O) groups is 1. The van der Waals surface area contributed by atoms with Crippen LogP contribution in [0, 0.1) is 0 Å². The molecule has 3 aromatic rings. The predicted octanol–water partition coefficient (Wildman–Crippen LogP) is 2.97. The number of aromatic nitrogens is 1. The van der Waals surface area contributed by atoms with Gasteiger partial charge in [-0.1, -0.05) is 18.2 Å². The van der Waals surface area contributed by atoms with Gasteiger partial charge in [0.05, 0.1) is 5.52 Å². The molecule has 104 valence electrons. The summed E-state index contributed by atoms with van der Waals surface area (Å²) in [4.78, 5) is 25.8. The lowest BCUT2D eigenvalue weighted by atomic mass is 10.1.